The fourth-order valence-corrected chi connectivity index (χ4v) is 2.10. The summed E-state index contributed by atoms with van der Waals surface area (Å²) in [7, 11) is 4.04. The summed E-state index contributed by atoms with van der Waals surface area (Å²) in [5, 5.41) is 2.49. The number of likely N-dealkylation sites (N-methyl/N-ethyl adjacent to an activating group) is 1. The van der Waals surface area contributed by atoms with Crippen molar-refractivity contribution in [3.05, 3.63) is 48.0 Å². The van der Waals surface area contributed by atoms with E-state index in [2.05, 4.69) is 30.3 Å². The molecular formula is C15H18NO+. The van der Waals surface area contributed by atoms with Crippen molar-refractivity contribution in [1.82, 2.24) is 0 Å². The minimum absolute atomic E-state index is 0.0285. The van der Waals surface area contributed by atoms with E-state index in [4.69, 9.17) is 0 Å². The zero-order valence-corrected chi connectivity index (χ0v) is 10.3. The van der Waals surface area contributed by atoms with Crippen LogP contribution in [0.25, 0.3) is 10.8 Å². The molecule has 0 fully saturated rings. The van der Waals surface area contributed by atoms with Gasteiger partial charge in [0.2, 0.25) is 0 Å². The predicted molar refractivity (Wildman–Crippen MR) is 70.3 cm³/mol. The Labute approximate surface area is 102 Å². The largest absolute Gasteiger partial charge is 0.331 e. The lowest BCUT2D eigenvalue weighted by molar-refractivity contribution is -0.874. The van der Waals surface area contributed by atoms with E-state index in [-0.39, 0.29) is 6.04 Å². The number of carbonyl (C=O) groups is 1. The maximum Gasteiger partial charge on any atom is 0.177 e. The van der Waals surface area contributed by atoms with Gasteiger partial charge in [0.25, 0.3) is 0 Å². The van der Waals surface area contributed by atoms with Gasteiger partial charge in [-0.25, -0.2) is 0 Å². The molecule has 0 heterocycles. The number of carbonyl (C=O) groups excluding carboxylic acids is 1. The van der Waals surface area contributed by atoms with Crippen LogP contribution in [-0.2, 0) is 11.2 Å². The highest BCUT2D eigenvalue weighted by Crippen LogP contribution is 2.19. The molecule has 2 aromatic rings. The highest BCUT2D eigenvalue weighted by Gasteiger charge is 2.15. The fraction of sp³-hybridized carbons (Fsp3) is 0.267. The Morgan fingerprint density at radius 2 is 1.82 bits per heavy atom. The van der Waals surface area contributed by atoms with Crippen molar-refractivity contribution in [3.63, 3.8) is 0 Å². The smallest absolute Gasteiger partial charge is 0.177 e. The number of hydrogen-bond donors (Lipinski definition) is 1. The van der Waals surface area contributed by atoms with E-state index in [1.165, 1.54) is 21.2 Å². The van der Waals surface area contributed by atoms with Crippen LogP contribution in [0.5, 0.6) is 0 Å². The van der Waals surface area contributed by atoms with Gasteiger partial charge >= 0.3 is 0 Å². The lowest BCUT2D eigenvalue weighted by Crippen LogP contribution is -3.10. The Morgan fingerprint density at radius 3 is 2.53 bits per heavy atom. The van der Waals surface area contributed by atoms with E-state index in [1.807, 2.05) is 26.2 Å². The van der Waals surface area contributed by atoms with Gasteiger partial charge < -0.3 is 4.90 Å². The van der Waals surface area contributed by atoms with Crippen LogP contribution in [0.15, 0.2) is 42.5 Å². The Bertz CT molecular complexity index is 514. The third kappa shape index (κ3) is 2.53. The number of quaternary nitrogens is 1. The topological polar surface area (TPSA) is 21.5 Å². The van der Waals surface area contributed by atoms with Gasteiger partial charge in [0.15, 0.2) is 6.29 Å². The normalized spacial score (nSPS) is 12.9. The van der Waals surface area contributed by atoms with Crippen LogP contribution >= 0.6 is 0 Å². The molecule has 0 bridgehead atoms. The molecule has 17 heavy (non-hydrogen) atoms. The molecule has 0 aliphatic rings. The lowest BCUT2D eigenvalue weighted by Gasteiger charge is -2.16. The van der Waals surface area contributed by atoms with Crippen molar-refractivity contribution in [2.75, 3.05) is 14.1 Å². The predicted octanol–water partition coefficient (Wildman–Crippen LogP) is 1.09. The molecule has 0 amide bonds. The third-order valence-electron chi connectivity index (χ3n) is 3.23. The fourth-order valence-electron chi connectivity index (χ4n) is 2.10. The van der Waals surface area contributed by atoms with Crippen LogP contribution < -0.4 is 4.90 Å². The van der Waals surface area contributed by atoms with Crippen LogP contribution in [0.3, 0.4) is 0 Å². The van der Waals surface area contributed by atoms with E-state index in [9.17, 15) is 4.79 Å². The van der Waals surface area contributed by atoms with Gasteiger partial charge in [-0.2, -0.15) is 0 Å². The molecule has 0 saturated heterocycles. The van der Waals surface area contributed by atoms with Gasteiger partial charge in [0, 0.05) is 6.42 Å². The van der Waals surface area contributed by atoms with Crippen molar-refractivity contribution in [1.29, 1.82) is 0 Å². The molecule has 0 radical (unpaired) electrons. The van der Waals surface area contributed by atoms with Crippen molar-refractivity contribution in [2.24, 2.45) is 0 Å². The number of aldehydes is 1. The monoisotopic (exact) mass is 228 g/mol. The first-order chi connectivity index (χ1) is 8.22. The Hall–Kier alpha value is -1.67. The third-order valence-corrected chi connectivity index (χ3v) is 3.23. The number of fused-ring (bicyclic) bond motifs is 1. The van der Waals surface area contributed by atoms with Crippen LogP contribution in [-0.4, -0.2) is 26.4 Å². The molecule has 0 aliphatic carbocycles. The minimum atomic E-state index is 0.0285. The summed E-state index contributed by atoms with van der Waals surface area (Å²) in [6.45, 7) is 0. The van der Waals surface area contributed by atoms with E-state index in [0.29, 0.717) is 0 Å². The molecule has 0 unspecified atom stereocenters. The average molecular weight is 228 g/mol. The maximum atomic E-state index is 11.1. The van der Waals surface area contributed by atoms with Crippen molar-refractivity contribution < 1.29 is 9.69 Å². The first-order valence-electron chi connectivity index (χ1n) is 5.94. The van der Waals surface area contributed by atoms with Gasteiger partial charge in [-0.1, -0.05) is 42.5 Å². The van der Waals surface area contributed by atoms with Crippen LogP contribution in [0, 0.1) is 0 Å². The van der Waals surface area contributed by atoms with E-state index in [1.54, 1.807) is 0 Å². The first kappa shape index (κ1) is 11.8. The summed E-state index contributed by atoms with van der Waals surface area (Å²) in [6.07, 6.45) is 1.85. The molecule has 2 aromatic carbocycles. The summed E-state index contributed by atoms with van der Waals surface area (Å²) in [5.74, 6) is 0. The Morgan fingerprint density at radius 1 is 1.12 bits per heavy atom. The number of benzene rings is 2. The summed E-state index contributed by atoms with van der Waals surface area (Å²) in [5.41, 5.74) is 1.25. The summed E-state index contributed by atoms with van der Waals surface area (Å²) in [4.78, 5) is 12.2. The van der Waals surface area contributed by atoms with Crippen LogP contribution in [0.1, 0.15) is 5.56 Å². The Kier molecular flexibility index (Phi) is 3.55. The maximum absolute atomic E-state index is 11.1. The zero-order valence-electron chi connectivity index (χ0n) is 10.3. The molecule has 2 nitrogen and oxygen atoms in total. The molecular weight excluding hydrogens is 210 g/mol. The highest BCUT2D eigenvalue weighted by molar-refractivity contribution is 5.85. The van der Waals surface area contributed by atoms with E-state index >= 15 is 0 Å². The van der Waals surface area contributed by atoms with Crippen molar-refractivity contribution >= 4 is 17.1 Å². The van der Waals surface area contributed by atoms with E-state index in [0.717, 1.165) is 12.7 Å². The van der Waals surface area contributed by atoms with Crippen LogP contribution in [0.2, 0.25) is 0 Å². The van der Waals surface area contributed by atoms with Gasteiger partial charge in [-0.3, -0.25) is 4.79 Å². The second-order valence-electron chi connectivity index (χ2n) is 4.66. The average Bonchev–Trinajstić information content (AvgIpc) is 2.35. The molecule has 0 saturated carbocycles. The van der Waals surface area contributed by atoms with Crippen molar-refractivity contribution in [2.45, 2.75) is 12.5 Å². The molecule has 0 aromatic heterocycles. The molecule has 0 spiro atoms. The highest BCUT2D eigenvalue weighted by atomic mass is 16.1. The summed E-state index contributed by atoms with van der Waals surface area (Å²) in [6, 6.07) is 14.6. The van der Waals surface area contributed by atoms with Gasteiger partial charge in [0.1, 0.15) is 6.04 Å². The lowest BCUT2D eigenvalue weighted by atomic mass is 9.99. The SMILES string of the molecule is C[NH+](C)[C@H](C=O)Cc1cccc2ccccc12. The van der Waals surface area contributed by atoms with E-state index < -0.39 is 0 Å². The summed E-state index contributed by atoms with van der Waals surface area (Å²) >= 11 is 0. The quantitative estimate of drug-likeness (QED) is 0.777. The number of rotatable bonds is 4. The molecule has 88 valence electrons. The van der Waals surface area contributed by atoms with Gasteiger partial charge in [0.05, 0.1) is 14.1 Å². The molecule has 1 atom stereocenters. The molecule has 2 rings (SSSR count). The van der Waals surface area contributed by atoms with Crippen LogP contribution in [0.4, 0.5) is 0 Å². The summed E-state index contributed by atoms with van der Waals surface area (Å²) < 4.78 is 0. The standard InChI is InChI=1S/C15H17NO/c1-16(2)14(11-17)10-13-8-5-7-12-6-3-4-9-15(12)13/h3-9,11,14H,10H2,1-2H3/p+1/t14-/m0/s1. The van der Waals surface area contributed by atoms with Crippen molar-refractivity contribution in [3.8, 4) is 0 Å². The second kappa shape index (κ2) is 5.11. The zero-order chi connectivity index (χ0) is 12.3. The molecule has 0 aliphatic heterocycles. The second-order valence-corrected chi connectivity index (χ2v) is 4.66. The molecule has 2 heteroatoms. The number of hydrogen-bond acceptors (Lipinski definition) is 1. The minimum Gasteiger partial charge on any atom is -0.331 e. The van der Waals surface area contributed by atoms with Gasteiger partial charge in [-0.15, -0.1) is 0 Å². The number of nitrogens with one attached hydrogen (secondary N) is 1. The van der Waals surface area contributed by atoms with Gasteiger partial charge in [-0.05, 0) is 16.3 Å². The Balaban J connectivity index is 2.38. The molecule has 1 N–H and O–H groups in total. The first-order valence-corrected chi connectivity index (χ1v) is 5.94.